The Morgan fingerprint density at radius 1 is 1.12 bits per heavy atom. The van der Waals surface area contributed by atoms with E-state index in [1.165, 1.54) is 17.7 Å². The van der Waals surface area contributed by atoms with Gasteiger partial charge in [-0.2, -0.15) is 0 Å². The average molecular weight is 356 g/mol. The van der Waals surface area contributed by atoms with Gasteiger partial charge in [0.25, 0.3) is 5.82 Å². The maximum absolute atomic E-state index is 12.3. The first-order valence-electron chi connectivity index (χ1n) is 7.47. The Morgan fingerprint density at radius 2 is 1.84 bits per heavy atom. The molecule has 0 atom stereocenters. The lowest BCUT2D eigenvalue weighted by molar-refractivity contribution is 0.0721. The summed E-state index contributed by atoms with van der Waals surface area (Å²) in [5.41, 5.74) is 1.19. The van der Waals surface area contributed by atoms with Crippen LogP contribution in [0.15, 0.2) is 48.5 Å². The first kappa shape index (κ1) is 16.9. The Balaban J connectivity index is 1.84. The molecule has 1 heterocycles. The summed E-state index contributed by atoms with van der Waals surface area (Å²) in [5.74, 6) is -0.0824. The third kappa shape index (κ3) is 3.75. The lowest BCUT2D eigenvalue weighted by atomic mass is 10.1. The van der Waals surface area contributed by atoms with Gasteiger partial charge in [0, 0.05) is 10.6 Å². The standard InChI is InChI=1S/C18H14ClN3O3/c1-11(23)13-4-3-5-16(10-13)25-18(24)17-20-12(2)22(21-17)15-8-6-14(19)7-9-15/h3-10H,1-2H3. The molecule has 0 unspecified atom stereocenters. The zero-order valence-corrected chi connectivity index (χ0v) is 14.3. The second kappa shape index (κ2) is 6.86. The summed E-state index contributed by atoms with van der Waals surface area (Å²) in [6.07, 6.45) is 0. The fraction of sp³-hybridized carbons (Fsp3) is 0.111. The van der Waals surface area contributed by atoms with Crippen LogP contribution < -0.4 is 4.74 Å². The van der Waals surface area contributed by atoms with E-state index in [4.69, 9.17) is 16.3 Å². The summed E-state index contributed by atoms with van der Waals surface area (Å²) in [6, 6.07) is 13.4. The number of aromatic nitrogens is 3. The van der Waals surface area contributed by atoms with Crippen LogP contribution in [0.4, 0.5) is 0 Å². The summed E-state index contributed by atoms with van der Waals surface area (Å²) < 4.78 is 6.79. The fourth-order valence-corrected chi connectivity index (χ4v) is 2.36. The Kier molecular flexibility index (Phi) is 4.63. The van der Waals surface area contributed by atoms with E-state index >= 15 is 0 Å². The number of carbonyl (C=O) groups is 2. The molecule has 6 nitrogen and oxygen atoms in total. The van der Waals surface area contributed by atoms with Crippen molar-refractivity contribution < 1.29 is 14.3 Å². The van der Waals surface area contributed by atoms with E-state index in [1.54, 1.807) is 49.4 Å². The van der Waals surface area contributed by atoms with Crippen molar-refractivity contribution in [1.29, 1.82) is 0 Å². The minimum atomic E-state index is -0.698. The van der Waals surface area contributed by atoms with Crippen LogP contribution in [0.1, 0.15) is 33.7 Å². The molecule has 0 fully saturated rings. The highest BCUT2D eigenvalue weighted by Crippen LogP contribution is 2.17. The molecule has 0 bridgehead atoms. The van der Waals surface area contributed by atoms with E-state index in [0.29, 0.717) is 16.4 Å². The number of rotatable bonds is 4. The summed E-state index contributed by atoms with van der Waals surface area (Å²) >= 11 is 5.88. The largest absolute Gasteiger partial charge is 0.421 e. The lowest BCUT2D eigenvalue weighted by Gasteiger charge is -2.03. The molecule has 0 aliphatic rings. The lowest BCUT2D eigenvalue weighted by Crippen LogP contribution is -2.11. The monoisotopic (exact) mass is 355 g/mol. The number of aryl methyl sites for hydroxylation is 1. The van der Waals surface area contributed by atoms with Crippen LogP contribution in [0.3, 0.4) is 0 Å². The van der Waals surface area contributed by atoms with Crippen molar-refractivity contribution in [3.8, 4) is 11.4 Å². The van der Waals surface area contributed by atoms with E-state index in [-0.39, 0.29) is 17.4 Å². The van der Waals surface area contributed by atoms with E-state index < -0.39 is 5.97 Å². The van der Waals surface area contributed by atoms with Gasteiger partial charge in [-0.3, -0.25) is 4.79 Å². The molecule has 0 amide bonds. The normalized spacial score (nSPS) is 10.5. The Bertz CT molecular complexity index is 948. The number of ether oxygens (including phenoxy) is 1. The maximum Gasteiger partial charge on any atom is 0.383 e. The van der Waals surface area contributed by atoms with Gasteiger partial charge in [0.1, 0.15) is 11.6 Å². The van der Waals surface area contributed by atoms with Crippen molar-refractivity contribution >= 4 is 23.4 Å². The van der Waals surface area contributed by atoms with Gasteiger partial charge in [0.2, 0.25) is 0 Å². The van der Waals surface area contributed by atoms with Crippen LogP contribution in [0, 0.1) is 6.92 Å². The molecule has 0 aliphatic heterocycles. The van der Waals surface area contributed by atoms with E-state index in [2.05, 4.69) is 10.1 Å². The number of halogens is 1. The van der Waals surface area contributed by atoms with Crippen LogP contribution in [-0.2, 0) is 0 Å². The molecule has 0 radical (unpaired) electrons. The number of Topliss-reactive ketones (excluding diaryl/α,β-unsaturated/α-hetero) is 1. The summed E-state index contributed by atoms with van der Waals surface area (Å²) in [5, 5.41) is 4.79. The van der Waals surface area contributed by atoms with Crippen LogP contribution in [-0.4, -0.2) is 26.5 Å². The molecule has 7 heteroatoms. The molecule has 2 aromatic carbocycles. The smallest absolute Gasteiger partial charge is 0.383 e. The van der Waals surface area contributed by atoms with Crippen molar-refractivity contribution in [2.24, 2.45) is 0 Å². The van der Waals surface area contributed by atoms with Crippen molar-refractivity contribution in [1.82, 2.24) is 14.8 Å². The molecule has 0 saturated carbocycles. The molecular formula is C18H14ClN3O3. The third-order valence-corrected chi connectivity index (χ3v) is 3.73. The van der Waals surface area contributed by atoms with Crippen molar-refractivity contribution in [3.05, 3.63) is 70.8 Å². The molecular weight excluding hydrogens is 342 g/mol. The number of benzene rings is 2. The van der Waals surface area contributed by atoms with Gasteiger partial charge < -0.3 is 4.74 Å². The van der Waals surface area contributed by atoms with Gasteiger partial charge in [-0.05, 0) is 50.2 Å². The first-order chi connectivity index (χ1) is 11.9. The average Bonchev–Trinajstić information content (AvgIpc) is 2.98. The number of ketones is 1. The van der Waals surface area contributed by atoms with E-state index in [9.17, 15) is 9.59 Å². The zero-order chi connectivity index (χ0) is 18.0. The second-order valence-electron chi connectivity index (χ2n) is 5.34. The first-order valence-corrected chi connectivity index (χ1v) is 7.84. The zero-order valence-electron chi connectivity index (χ0n) is 13.6. The van der Waals surface area contributed by atoms with Crippen LogP contribution in [0.25, 0.3) is 5.69 Å². The maximum atomic E-state index is 12.3. The fourth-order valence-electron chi connectivity index (χ4n) is 2.23. The molecule has 1 aromatic heterocycles. The van der Waals surface area contributed by atoms with Gasteiger partial charge in [-0.15, -0.1) is 5.10 Å². The Labute approximate surface area is 149 Å². The number of carbonyl (C=O) groups excluding carboxylic acids is 2. The molecule has 0 N–H and O–H groups in total. The SMILES string of the molecule is CC(=O)c1cccc(OC(=O)c2nc(C)n(-c3ccc(Cl)cc3)n2)c1. The minimum Gasteiger partial charge on any atom is -0.421 e. The van der Waals surface area contributed by atoms with Gasteiger partial charge in [-0.25, -0.2) is 14.5 Å². The molecule has 0 saturated heterocycles. The molecule has 0 spiro atoms. The molecule has 3 rings (SSSR count). The van der Waals surface area contributed by atoms with Gasteiger partial charge in [0.05, 0.1) is 5.69 Å². The van der Waals surface area contributed by atoms with Crippen LogP contribution >= 0.6 is 11.6 Å². The summed E-state index contributed by atoms with van der Waals surface area (Å²) in [7, 11) is 0. The van der Waals surface area contributed by atoms with Crippen molar-refractivity contribution in [2.75, 3.05) is 0 Å². The quantitative estimate of drug-likeness (QED) is 0.405. The highest BCUT2D eigenvalue weighted by atomic mass is 35.5. The predicted molar refractivity (Wildman–Crippen MR) is 92.5 cm³/mol. The Hall–Kier alpha value is -2.99. The number of esters is 1. The highest BCUT2D eigenvalue weighted by Gasteiger charge is 2.18. The highest BCUT2D eigenvalue weighted by molar-refractivity contribution is 6.30. The van der Waals surface area contributed by atoms with Gasteiger partial charge in [0.15, 0.2) is 5.78 Å². The number of nitrogens with zero attached hydrogens (tertiary/aromatic N) is 3. The van der Waals surface area contributed by atoms with Gasteiger partial charge in [-0.1, -0.05) is 23.7 Å². The summed E-state index contributed by atoms with van der Waals surface area (Å²) in [4.78, 5) is 27.8. The van der Waals surface area contributed by atoms with Crippen molar-refractivity contribution in [3.63, 3.8) is 0 Å². The van der Waals surface area contributed by atoms with Gasteiger partial charge >= 0.3 is 5.97 Å². The summed E-state index contributed by atoms with van der Waals surface area (Å²) in [6.45, 7) is 3.17. The minimum absolute atomic E-state index is 0.0688. The molecule has 25 heavy (non-hydrogen) atoms. The third-order valence-electron chi connectivity index (χ3n) is 3.47. The van der Waals surface area contributed by atoms with Crippen LogP contribution in [0.2, 0.25) is 5.02 Å². The topological polar surface area (TPSA) is 74.1 Å². The Morgan fingerprint density at radius 3 is 2.52 bits per heavy atom. The number of hydrogen-bond acceptors (Lipinski definition) is 5. The van der Waals surface area contributed by atoms with Crippen molar-refractivity contribution in [2.45, 2.75) is 13.8 Å². The molecule has 0 aliphatic carbocycles. The predicted octanol–water partition coefficient (Wildman–Crippen LogP) is 3.65. The molecule has 126 valence electrons. The number of hydrogen-bond donors (Lipinski definition) is 0. The van der Waals surface area contributed by atoms with E-state index in [1.807, 2.05) is 0 Å². The van der Waals surface area contributed by atoms with E-state index in [0.717, 1.165) is 5.69 Å². The van der Waals surface area contributed by atoms with Crippen LogP contribution in [0.5, 0.6) is 5.75 Å². The molecule has 3 aromatic rings. The second-order valence-corrected chi connectivity index (χ2v) is 5.78.